The molecule has 3 aromatic rings. The number of Topliss-reactive ketones (excluding diaryl/α,β-unsaturated/α-hetero) is 1. The predicted octanol–water partition coefficient (Wildman–Crippen LogP) is 4.15. The Bertz CT molecular complexity index is 1160. The van der Waals surface area contributed by atoms with Gasteiger partial charge in [0, 0.05) is 17.7 Å². The number of ether oxygens (including phenoxy) is 1. The van der Waals surface area contributed by atoms with Crippen molar-refractivity contribution in [2.75, 3.05) is 11.5 Å². The molecule has 5 heteroatoms. The number of amides is 1. The Morgan fingerprint density at radius 3 is 2.16 bits per heavy atom. The Labute approximate surface area is 187 Å². The van der Waals surface area contributed by atoms with E-state index in [1.54, 1.807) is 13.0 Å². The van der Waals surface area contributed by atoms with Crippen molar-refractivity contribution in [1.29, 1.82) is 0 Å². The zero-order valence-corrected chi connectivity index (χ0v) is 18.2. The molecule has 0 N–H and O–H groups in total. The van der Waals surface area contributed by atoms with Crippen LogP contribution in [-0.2, 0) is 37.5 Å². The molecule has 3 aromatic carbocycles. The Balaban J connectivity index is 1.91. The summed E-state index contributed by atoms with van der Waals surface area (Å²) in [5.74, 6) is -2.14. The van der Waals surface area contributed by atoms with Crippen LogP contribution in [-0.4, -0.2) is 24.3 Å². The van der Waals surface area contributed by atoms with Gasteiger partial charge in [-0.05, 0) is 36.6 Å². The number of aryl methyl sites for hydroxylation is 1. The van der Waals surface area contributed by atoms with Crippen LogP contribution in [0.15, 0.2) is 78.9 Å². The number of hydrogen-bond acceptors (Lipinski definition) is 4. The number of esters is 1. The smallest absolute Gasteiger partial charge is 0.325 e. The maximum absolute atomic E-state index is 13.7. The zero-order valence-electron chi connectivity index (χ0n) is 18.2. The third-order valence-electron chi connectivity index (χ3n) is 5.85. The minimum atomic E-state index is -1.72. The Hall–Kier alpha value is -3.73. The van der Waals surface area contributed by atoms with Crippen molar-refractivity contribution < 1.29 is 19.1 Å². The highest BCUT2D eigenvalue weighted by Gasteiger charge is 2.57. The number of hydrogen-bond donors (Lipinski definition) is 0. The van der Waals surface area contributed by atoms with Crippen molar-refractivity contribution in [3.63, 3.8) is 0 Å². The first-order valence-corrected chi connectivity index (χ1v) is 10.7. The summed E-state index contributed by atoms with van der Waals surface area (Å²) in [6.07, 6.45) is 0.0620. The third-order valence-corrected chi connectivity index (χ3v) is 5.85. The summed E-state index contributed by atoms with van der Waals surface area (Å²) >= 11 is 0. The van der Waals surface area contributed by atoms with Crippen molar-refractivity contribution in [3.8, 4) is 0 Å². The second-order valence-corrected chi connectivity index (χ2v) is 8.01. The SMILES string of the molecule is CCOC(=O)[C@]1(Cc2ccccc2)C(=O)C(=O)N(Cc2ccccc2)c2cc(C)ccc21. The maximum atomic E-state index is 13.7. The van der Waals surface area contributed by atoms with E-state index in [4.69, 9.17) is 4.74 Å². The van der Waals surface area contributed by atoms with Gasteiger partial charge in [-0.25, -0.2) is 0 Å². The molecule has 1 aliphatic heterocycles. The second kappa shape index (κ2) is 8.79. The quantitative estimate of drug-likeness (QED) is 0.337. The van der Waals surface area contributed by atoms with Gasteiger partial charge in [-0.1, -0.05) is 72.8 Å². The van der Waals surface area contributed by atoms with E-state index in [0.29, 0.717) is 11.3 Å². The summed E-state index contributed by atoms with van der Waals surface area (Å²) in [6, 6.07) is 24.3. The molecule has 0 fully saturated rings. The summed E-state index contributed by atoms with van der Waals surface area (Å²) in [5.41, 5.74) is 1.97. The molecule has 0 aliphatic carbocycles. The van der Waals surface area contributed by atoms with Crippen molar-refractivity contribution in [3.05, 3.63) is 101 Å². The fraction of sp³-hybridized carbons (Fsp3) is 0.222. The van der Waals surface area contributed by atoms with Gasteiger partial charge in [0.1, 0.15) is 0 Å². The van der Waals surface area contributed by atoms with Gasteiger partial charge in [0.2, 0.25) is 5.78 Å². The zero-order chi connectivity index (χ0) is 22.7. The minimum absolute atomic E-state index is 0.0620. The molecule has 0 bridgehead atoms. The summed E-state index contributed by atoms with van der Waals surface area (Å²) < 4.78 is 5.39. The average molecular weight is 428 g/mol. The van der Waals surface area contributed by atoms with E-state index in [-0.39, 0.29) is 19.6 Å². The summed E-state index contributed by atoms with van der Waals surface area (Å²) in [6.45, 7) is 3.98. The third kappa shape index (κ3) is 3.71. The monoisotopic (exact) mass is 427 g/mol. The standard InChI is InChI=1S/C27H25NO4/c1-3-32-26(31)27(17-20-10-6-4-7-11-20)22-15-14-19(2)16-23(22)28(25(30)24(27)29)18-21-12-8-5-9-13-21/h4-16H,3,17-18H2,1-2H3/t27-/m0/s1. The minimum Gasteiger partial charge on any atom is -0.465 e. The van der Waals surface area contributed by atoms with Gasteiger partial charge in [0.25, 0.3) is 5.91 Å². The molecule has 1 heterocycles. The van der Waals surface area contributed by atoms with Crippen molar-refractivity contribution in [1.82, 2.24) is 0 Å². The van der Waals surface area contributed by atoms with Crippen LogP contribution in [0.4, 0.5) is 5.69 Å². The summed E-state index contributed by atoms with van der Waals surface area (Å²) in [4.78, 5) is 42.1. The van der Waals surface area contributed by atoms with Gasteiger partial charge >= 0.3 is 5.97 Å². The maximum Gasteiger partial charge on any atom is 0.325 e. The predicted molar refractivity (Wildman–Crippen MR) is 122 cm³/mol. The van der Waals surface area contributed by atoms with Crippen LogP contribution < -0.4 is 4.90 Å². The highest BCUT2D eigenvalue weighted by molar-refractivity contribution is 6.50. The number of carbonyl (C=O) groups is 3. The highest BCUT2D eigenvalue weighted by atomic mass is 16.5. The summed E-state index contributed by atoms with van der Waals surface area (Å²) in [5, 5.41) is 0. The lowest BCUT2D eigenvalue weighted by atomic mass is 9.68. The molecule has 5 nitrogen and oxygen atoms in total. The topological polar surface area (TPSA) is 63.7 Å². The lowest BCUT2D eigenvalue weighted by molar-refractivity contribution is -0.157. The second-order valence-electron chi connectivity index (χ2n) is 8.01. The van der Waals surface area contributed by atoms with Crippen molar-refractivity contribution in [2.45, 2.75) is 32.2 Å². The van der Waals surface area contributed by atoms with Crippen molar-refractivity contribution in [2.24, 2.45) is 0 Å². The molecule has 4 rings (SSSR count). The van der Waals surface area contributed by atoms with Gasteiger partial charge in [-0.3, -0.25) is 14.4 Å². The number of nitrogens with zero attached hydrogens (tertiary/aromatic N) is 1. The van der Waals surface area contributed by atoms with E-state index in [1.807, 2.05) is 79.7 Å². The first-order chi connectivity index (χ1) is 15.5. The number of ketones is 1. The molecule has 0 spiro atoms. The van der Waals surface area contributed by atoms with Crippen LogP contribution in [0.1, 0.15) is 29.2 Å². The first kappa shape index (κ1) is 21.5. The molecule has 1 amide bonds. The number of carbonyl (C=O) groups excluding carboxylic acids is 3. The van der Waals surface area contributed by atoms with Crippen LogP contribution in [0.3, 0.4) is 0 Å². The van der Waals surface area contributed by atoms with Crippen LogP contribution in [0.25, 0.3) is 0 Å². The molecular weight excluding hydrogens is 402 g/mol. The average Bonchev–Trinajstić information content (AvgIpc) is 2.81. The van der Waals surface area contributed by atoms with Crippen LogP contribution in [0, 0.1) is 6.92 Å². The number of anilines is 1. The fourth-order valence-electron chi connectivity index (χ4n) is 4.29. The normalized spacial score (nSPS) is 17.8. The number of rotatable bonds is 6. The molecule has 0 saturated carbocycles. The van der Waals surface area contributed by atoms with Crippen LogP contribution in [0.2, 0.25) is 0 Å². The first-order valence-electron chi connectivity index (χ1n) is 10.7. The van der Waals surface area contributed by atoms with E-state index < -0.39 is 23.1 Å². The molecule has 0 radical (unpaired) electrons. The van der Waals surface area contributed by atoms with Gasteiger partial charge in [-0.15, -0.1) is 0 Å². The van der Waals surface area contributed by atoms with Gasteiger partial charge in [0.05, 0.1) is 13.2 Å². The molecule has 0 saturated heterocycles. The molecule has 0 unspecified atom stereocenters. The largest absolute Gasteiger partial charge is 0.465 e. The lowest BCUT2D eigenvalue weighted by Crippen LogP contribution is -2.58. The molecule has 1 aliphatic rings. The molecular formula is C27H25NO4. The Morgan fingerprint density at radius 2 is 1.53 bits per heavy atom. The van der Waals surface area contributed by atoms with E-state index >= 15 is 0 Å². The van der Waals surface area contributed by atoms with E-state index in [2.05, 4.69) is 0 Å². The van der Waals surface area contributed by atoms with Crippen LogP contribution >= 0.6 is 0 Å². The Kier molecular flexibility index (Phi) is 5.91. The molecule has 32 heavy (non-hydrogen) atoms. The molecule has 1 atom stereocenters. The highest BCUT2D eigenvalue weighted by Crippen LogP contribution is 2.43. The van der Waals surface area contributed by atoms with E-state index in [0.717, 1.165) is 16.7 Å². The lowest BCUT2D eigenvalue weighted by Gasteiger charge is -2.40. The summed E-state index contributed by atoms with van der Waals surface area (Å²) in [7, 11) is 0. The van der Waals surface area contributed by atoms with E-state index in [1.165, 1.54) is 4.90 Å². The van der Waals surface area contributed by atoms with Gasteiger partial charge in [-0.2, -0.15) is 0 Å². The number of fused-ring (bicyclic) bond motifs is 1. The Morgan fingerprint density at radius 1 is 0.906 bits per heavy atom. The fourth-order valence-corrected chi connectivity index (χ4v) is 4.29. The van der Waals surface area contributed by atoms with Gasteiger partial charge < -0.3 is 9.64 Å². The van der Waals surface area contributed by atoms with Crippen molar-refractivity contribution >= 4 is 23.3 Å². The molecule has 0 aromatic heterocycles. The van der Waals surface area contributed by atoms with Gasteiger partial charge in [0.15, 0.2) is 5.41 Å². The van der Waals surface area contributed by atoms with Crippen LogP contribution in [0.5, 0.6) is 0 Å². The number of benzene rings is 3. The van der Waals surface area contributed by atoms with E-state index in [9.17, 15) is 14.4 Å². The molecule has 162 valence electrons.